The molecule has 1 saturated carbocycles. The fourth-order valence-corrected chi connectivity index (χ4v) is 3.39. The molecule has 0 spiro atoms. The molecule has 0 aliphatic heterocycles. The molecule has 1 aliphatic rings. The summed E-state index contributed by atoms with van der Waals surface area (Å²) in [5.41, 5.74) is 0.0513. The van der Waals surface area contributed by atoms with Crippen molar-refractivity contribution in [2.75, 3.05) is 19.7 Å². The van der Waals surface area contributed by atoms with Gasteiger partial charge in [-0.25, -0.2) is 0 Å². The smallest absolute Gasteiger partial charge is 0.307 e. The molecule has 1 fully saturated rings. The third-order valence-corrected chi connectivity index (χ3v) is 4.31. The van der Waals surface area contributed by atoms with Crippen LogP contribution in [-0.4, -0.2) is 36.1 Å². The zero-order chi connectivity index (χ0) is 12.9. The van der Waals surface area contributed by atoms with Gasteiger partial charge in [-0.2, -0.15) is 0 Å². The second kappa shape index (κ2) is 6.39. The summed E-state index contributed by atoms with van der Waals surface area (Å²) >= 11 is 0. The highest BCUT2D eigenvalue weighted by molar-refractivity contribution is 5.71. The summed E-state index contributed by atoms with van der Waals surface area (Å²) in [4.78, 5) is 14.3. The first-order valence-electron chi connectivity index (χ1n) is 7.01. The van der Waals surface area contributed by atoms with Gasteiger partial charge < -0.3 is 4.74 Å². The van der Waals surface area contributed by atoms with Gasteiger partial charge in [0.1, 0.15) is 0 Å². The molecule has 2 atom stereocenters. The zero-order valence-corrected chi connectivity index (χ0v) is 11.8. The summed E-state index contributed by atoms with van der Waals surface area (Å²) in [6.45, 7) is 11.0. The molecule has 0 radical (unpaired) electrons. The lowest BCUT2D eigenvalue weighted by Gasteiger charge is -2.43. The molecule has 0 aromatic rings. The molecule has 1 rings (SSSR count). The van der Waals surface area contributed by atoms with Crippen LogP contribution in [0.1, 0.15) is 53.4 Å². The van der Waals surface area contributed by atoms with Gasteiger partial charge in [-0.05, 0) is 38.8 Å². The number of hydrogen-bond donors (Lipinski definition) is 0. The van der Waals surface area contributed by atoms with Crippen molar-refractivity contribution in [1.82, 2.24) is 4.90 Å². The normalized spacial score (nSPS) is 28.6. The Morgan fingerprint density at radius 3 is 2.41 bits per heavy atom. The predicted octanol–water partition coefficient (Wildman–Crippen LogP) is 2.84. The van der Waals surface area contributed by atoms with E-state index >= 15 is 0 Å². The molecular formula is C14H27NO2. The SMILES string of the molecule is CCOC(=O)CC1(N(CC)CC)CCCC1C. The second-order valence-electron chi connectivity index (χ2n) is 5.05. The Balaban J connectivity index is 2.82. The first-order valence-corrected chi connectivity index (χ1v) is 7.01. The van der Waals surface area contributed by atoms with Crippen LogP contribution in [0.25, 0.3) is 0 Å². The number of nitrogens with zero attached hydrogens (tertiary/aromatic N) is 1. The van der Waals surface area contributed by atoms with Gasteiger partial charge in [0.25, 0.3) is 0 Å². The van der Waals surface area contributed by atoms with E-state index in [-0.39, 0.29) is 11.5 Å². The van der Waals surface area contributed by atoms with Gasteiger partial charge in [0.15, 0.2) is 0 Å². The molecule has 0 N–H and O–H groups in total. The van der Waals surface area contributed by atoms with Crippen molar-refractivity contribution in [2.45, 2.75) is 58.9 Å². The van der Waals surface area contributed by atoms with Crippen LogP contribution in [0, 0.1) is 5.92 Å². The van der Waals surface area contributed by atoms with Crippen molar-refractivity contribution in [2.24, 2.45) is 5.92 Å². The molecule has 1 aliphatic carbocycles. The van der Waals surface area contributed by atoms with Crippen LogP contribution in [0.4, 0.5) is 0 Å². The highest BCUT2D eigenvalue weighted by atomic mass is 16.5. The van der Waals surface area contributed by atoms with Gasteiger partial charge in [-0.15, -0.1) is 0 Å². The van der Waals surface area contributed by atoms with Crippen molar-refractivity contribution < 1.29 is 9.53 Å². The van der Waals surface area contributed by atoms with Crippen molar-refractivity contribution in [3.05, 3.63) is 0 Å². The largest absolute Gasteiger partial charge is 0.466 e. The minimum Gasteiger partial charge on any atom is -0.466 e. The average Bonchev–Trinajstić information content (AvgIpc) is 2.63. The van der Waals surface area contributed by atoms with E-state index in [9.17, 15) is 4.79 Å². The summed E-state index contributed by atoms with van der Waals surface area (Å²) < 4.78 is 5.15. The third kappa shape index (κ3) is 3.01. The Morgan fingerprint density at radius 2 is 2.00 bits per heavy atom. The van der Waals surface area contributed by atoms with E-state index in [4.69, 9.17) is 4.74 Å². The van der Waals surface area contributed by atoms with E-state index in [0.717, 1.165) is 19.5 Å². The molecule has 0 aromatic heterocycles. The van der Waals surface area contributed by atoms with Crippen molar-refractivity contribution in [1.29, 1.82) is 0 Å². The Kier molecular flexibility index (Phi) is 5.44. The Bertz CT molecular complexity index is 251. The fourth-order valence-electron chi connectivity index (χ4n) is 3.39. The van der Waals surface area contributed by atoms with Gasteiger partial charge in [-0.1, -0.05) is 27.2 Å². The minimum atomic E-state index is -0.0341. The molecule has 0 amide bonds. The van der Waals surface area contributed by atoms with E-state index in [0.29, 0.717) is 18.9 Å². The van der Waals surface area contributed by atoms with Crippen molar-refractivity contribution in [3.8, 4) is 0 Å². The standard InChI is InChI=1S/C14H27NO2/c1-5-15(6-2)14(10-8-9-12(14)4)11-13(16)17-7-3/h12H,5-11H2,1-4H3. The van der Waals surface area contributed by atoms with E-state index in [1.54, 1.807) is 0 Å². The molecule has 0 saturated heterocycles. The molecule has 17 heavy (non-hydrogen) atoms. The first-order chi connectivity index (χ1) is 8.10. The summed E-state index contributed by atoms with van der Waals surface area (Å²) in [5.74, 6) is 0.556. The van der Waals surface area contributed by atoms with Crippen LogP contribution in [0.2, 0.25) is 0 Å². The lowest BCUT2D eigenvalue weighted by Crippen LogP contribution is -2.52. The Morgan fingerprint density at radius 1 is 1.35 bits per heavy atom. The summed E-state index contributed by atoms with van der Waals surface area (Å²) in [7, 11) is 0. The minimum absolute atomic E-state index is 0.0341. The zero-order valence-electron chi connectivity index (χ0n) is 11.8. The monoisotopic (exact) mass is 241 g/mol. The molecule has 100 valence electrons. The highest BCUT2D eigenvalue weighted by Gasteiger charge is 2.45. The molecule has 2 unspecified atom stereocenters. The second-order valence-corrected chi connectivity index (χ2v) is 5.05. The Labute approximate surface area is 106 Å². The summed E-state index contributed by atoms with van der Waals surface area (Å²) in [6, 6.07) is 0. The number of esters is 1. The number of carbonyl (C=O) groups excluding carboxylic acids is 1. The maximum absolute atomic E-state index is 11.8. The van der Waals surface area contributed by atoms with Gasteiger partial charge in [0.05, 0.1) is 13.0 Å². The first kappa shape index (κ1) is 14.5. The number of ether oxygens (including phenoxy) is 1. The van der Waals surface area contributed by atoms with Gasteiger partial charge in [0.2, 0.25) is 0 Å². The van der Waals surface area contributed by atoms with E-state index in [1.165, 1.54) is 12.8 Å². The van der Waals surface area contributed by atoms with E-state index < -0.39 is 0 Å². The molecular weight excluding hydrogens is 214 g/mol. The maximum atomic E-state index is 11.8. The Hall–Kier alpha value is -0.570. The van der Waals surface area contributed by atoms with Crippen LogP contribution in [0.5, 0.6) is 0 Å². The number of carbonyl (C=O) groups is 1. The number of rotatable bonds is 6. The molecule has 0 heterocycles. The summed E-state index contributed by atoms with van der Waals surface area (Å²) in [5, 5.41) is 0. The predicted molar refractivity (Wildman–Crippen MR) is 69.9 cm³/mol. The van der Waals surface area contributed by atoms with Gasteiger partial charge in [0, 0.05) is 5.54 Å². The van der Waals surface area contributed by atoms with Crippen LogP contribution in [0.15, 0.2) is 0 Å². The third-order valence-electron chi connectivity index (χ3n) is 4.31. The highest BCUT2D eigenvalue weighted by Crippen LogP contribution is 2.42. The summed E-state index contributed by atoms with van der Waals surface area (Å²) in [6.07, 6.45) is 4.16. The van der Waals surface area contributed by atoms with Gasteiger partial charge >= 0.3 is 5.97 Å². The van der Waals surface area contributed by atoms with Crippen molar-refractivity contribution >= 4 is 5.97 Å². The molecule has 3 heteroatoms. The molecule has 0 aromatic carbocycles. The fraction of sp³-hybridized carbons (Fsp3) is 0.929. The lowest BCUT2D eigenvalue weighted by molar-refractivity contribution is -0.147. The lowest BCUT2D eigenvalue weighted by atomic mass is 9.83. The van der Waals surface area contributed by atoms with Gasteiger partial charge in [-0.3, -0.25) is 9.69 Å². The topological polar surface area (TPSA) is 29.5 Å². The maximum Gasteiger partial charge on any atom is 0.307 e. The van der Waals surface area contributed by atoms with Crippen LogP contribution >= 0.6 is 0 Å². The van der Waals surface area contributed by atoms with Crippen LogP contribution in [-0.2, 0) is 9.53 Å². The molecule has 3 nitrogen and oxygen atoms in total. The molecule has 0 bridgehead atoms. The van der Waals surface area contributed by atoms with Crippen LogP contribution < -0.4 is 0 Å². The van der Waals surface area contributed by atoms with Crippen molar-refractivity contribution in [3.63, 3.8) is 0 Å². The van der Waals surface area contributed by atoms with E-state index in [2.05, 4.69) is 25.7 Å². The quantitative estimate of drug-likeness (QED) is 0.670. The van der Waals surface area contributed by atoms with Crippen LogP contribution in [0.3, 0.4) is 0 Å². The number of hydrogen-bond acceptors (Lipinski definition) is 3. The average molecular weight is 241 g/mol. The van der Waals surface area contributed by atoms with E-state index in [1.807, 2.05) is 6.92 Å².